The smallest absolute Gasteiger partial charge is 0.335 e. The zero-order chi connectivity index (χ0) is 11.5. The quantitative estimate of drug-likeness (QED) is 0.274. The van der Waals surface area contributed by atoms with Crippen LogP contribution in [0.25, 0.3) is 0 Å². The van der Waals surface area contributed by atoms with Crippen molar-refractivity contribution in [2.24, 2.45) is 0 Å². The molecule has 0 fully saturated rings. The van der Waals surface area contributed by atoms with Crippen LogP contribution in [0.2, 0.25) is 0 Å². The van der Waals surface area contributed by atoms with E-state index in [9.17, 15) is 9.59 Å². The maximum atomic E-state index is 10.4. The molecule has 0 spiro atoms. The summed E-state index contributed by atoms with van der Waals surface area (Å²) < 4.78 is 0. The van der Waals surface area contributed by atoms with Crippen LogP contribution < -0.4 is 0 Å². The summed E-state index contributed by atoms with van der Waals surface area (Å²) in [6.07, 6.45) is -8.61. The molecule has 5 N–H and O–H groups in total. The second kappa shape index (κ2) is 5.27. The van der Waals surface area contributed by atoms with E-state index in [1.54, 1.807) is 0 Å². The van der Waals surface area contributed by atoms with E-state index < -0.39 is 35.5 Å². The van der Waals surface area contributed by atoms with Crippen molar-refractivity contribution in [3.8, 4) is 0 Å². The molecule has 0 aromatic heterocycles. The average molecular weight is 226 g/mol. The van der Waals surface area contributed by atoms with Crippen molar-refractivity contribution < 1.29 is 35.1 Å². The van der Waals surface area contributed by atoms with Gasteiger partial charge in [0.1, 0.15) is 12.2 Å². The molecule has 0 bridgehead atoms. The third kappa shape index (κ3) is 3.24. The van der Waals surface area contributed by atoms with Crippen LogP contribution in [-0.4, -0.2) is 61.0 Å². The number of carboxylic acids is 1. The molecule has 7 nitrogen and oxygen atoms in total. The minimum Gasteiger partial charge on any atom is -0.479 e. The fourth-order valence-corrected chi connectivity index (χ4v) is 0.818. The average Bonchev–Trinajstić information content (AvgIpc) is 2.12. The number of carboxylic acid groups (broad SMARTS) is 1. The highest BCUT2D eigenvalue weighted by atomic mass is 32.1. The van der Waals surface area contributed by atoms with Gasteiger partial charge in [-0.25, -0.2) is 4.79 Å². The first-order chi connectivity index (χ1) is 6.29. The molecule has 0 saturated carbocycles. The number of carbonyl (C=O) groups excluding carboxylic acids is 1. The third-order valence-corrected chi connectivity index (χ3v) is 1.77. The van der Waals surface area contributed by atoms with E-state index in [1.807, 2.05) is 0 Å². The Labute approximate surface area is 84.0 Å². The molecule has 0 saturated heterocycles. The second-order valence-corrected chi connectivity index (χ2v) is 2.99. The molecule has 0 amide bonds. The topological polar surface area (TPSA) is 135 Å². The number of hydrogen-bond donors (Lipinski definition) is 6. The molecule has 0 rings (SSSR count). The molecule has 0 aliphatic carbocycles. The first kappa shape index (κ1) is 13.3. The molecule has 0 aromatic carbocycles. The maximum Gasteiger partial charge on any atom is 0.335 e. The fourth-order valence-electron chi connectivity index (χ4n) is 0.666. The minimum atomic E-state index is -2.28. The predicted octanol–water partition coefficient (Wildman–Crippen LogP) is -3.03. The number of rotatable bonds is 5. The highest BCUT2D eigenvalue weighted by Crippen LogP contribution is 2.07. The highest BCUT2D eigenvalue weighted by Gasteiger charge is 2.36. The van der Waals surface area contributed by atoms with Gasteiger partial charge in [0.15, 0.2) is 12.2 Å². The van der Waals surface area contributed by atoms with E-state index in [0.29, 0.717) is 0 Å². The summed E-state index contributed by atoms with van der Waals surface area (Å²) in [6.45, 7) is 0. The summed E-state index contributed by atoms with van der Waals surface area (Å²) >= 11 is 3.16. The zero-order valence-corrected chi connectivity index (χ0v) is 7.70. The standard InChI is InChI=1S/C6H10O7S/c7-1(3(9)5(11)12)2(8)4(10)6(13)14/h1-4,7-10H,(H,11,12)(H,13,14). The number of thiol groups is 1. The van der Waals surface area contributed by atoms with Gasteiger partial charge in [-0.05, 0) is 0 Å². The van der Waals surface area contributed by atoms with E-state index in [4.69, 9.17) is 25.5 Å². The van der Waals surface area contributed by atoms with Crippen LogP contribution in [0.3, 0.4) is 0 Å². The fraction of sp³-hybridized carbons (Fsp3) is 0.667. The van der Waals surface area contributed by atoms with Crippen molar-refractivity contribution in [3.63, 3.8) is 0 Å². The van der Waals surface area contributed by atoms with E-state index >= 15 is 0 Å². The summed E-state index contributed by atoms with van der Waals surface area (Å²) in [5.74, 6) is -1.78. The number of hydrogen-bond acceptors (Lipinski definition) is 6. The van der Waals surface area contributed by atoms with Crippen LogP contribution in [0.4, 0.5) is 0 Å². The summed E-state index contributed by atoms with van der Waals surface area (Å²) in [7, 11) is 0. The third-order valence-electron chi connectivity index (χ3n) is 1.50. The monoisotopic (exact) mass is 226 g/mol. The molecular weight excluding hydrogens is 216 g/mol. The van der Waals surface area contributed by atoms with Gasteiger partial charge in [0.05, 0.1) is 0 Å². The number of aliphatic carboxylic acids is 1. The normalized spacial score (nSPS) is 19.5. The molecule has 0 radical (unpaired) electrons. The SMILES string of the molecule is O=C(O)C(O)C(O)C(O)C(O)C(=O)S. The lowest BCUT2D eigenvalue weighted by Crippen LogP contribution is -2.49. The lowest BCUT2D eigenvalue weighted by atomic mass is 10.0. The Balaban J connectivity index is 4.45. The molecule has 8 heteroatoms. The molecule has 0 aromatic rings. The van der Waals surface area contributed by atoms with Crippen molar-refractivity contribution in [2.75, 3.05) is 0 Å². The molecular formula is C6H10O7S. The molecule has 0 aliphatic heterocycles. The van der Waals surface area contributed by atoms with Gasteiger partial charge in [-0.1, -0.05) is 0 Å². The lowest BCUT2D eigenvalue weighted by molar-refractivity contribution is -0.164. The van der Waals surface area contributed by atoms with Gasteiger partial charge in [-0.2, -0.15) is 0 Å². The van der Waals surface area contributed by atoms with Crippen molar-refractivity contribution in [3.05, 3.63) is 0 Å². The van der Waals surface area contributed by atoms with E-state index in [0.717, 1.165) is 0 Å². The van der Waals surface area contributed by atoms with Gasteiger partial charge < -0.3 is 25.5 Å². The van der Waals surface area contributed by atoms with Crippen LogP contribution >= 0.6 is 12.6 Å². The van der Waals surface area contributed by atoms with Crippen molar-refractivity contribution in [2.45, 2.75) is 24.4 Å². The minimum absolute atomic E-state index is 1.14. The first-order valence-electron chi connectivity index (χ1n) is 3.47. The molecule has 0 heterocycles. The summed E-state index contributed by atoms with van der Waals surface area (Å²) in [4.78, 5) is 20.5. The first-order valence-corrected chi connectivity index (χ1v) is 3.91. The Morgan fingerprint density at radius 2 is 1.29 bits per heavy atom. The van der Waals surface area contributed by atoms with Gasteiger partial charge in [0, 0.05) is 0 Å². The van der Waals surface area contributed by atoms with Gasteiger partial charge in [0.25, 0.3) is 0 Å². The van der Waals surface area contributed by atoms with Gasteiger partial charge >= 0.3 is 5.97 Å². The lowest BCUT2D eigenvalue weighted by Gasteiger charge is -2.22. The van der Waals surface area contributed by atoms with Crippen LogP contribution in [0.15, 0.2) is 0 Å². The molecule has 82 valence electrons. The van der Waals surface area contributed by atoms with E-state index in [1.165, 1.54) is 0 Å². The van der Waals surface area contributed by atoms with Gasteiger partial charge in [0.2, 0.25) is 5.12 Å². The Morgan fingerprint density at radius 3 is 1.57 bits per heavy atom. The molecule has 0 aliphatic rings. The van der Waals surface area contributed by atoms with Gasteiger partial charge in [-0.3, -0.25) is 4.79 Å². The molecule has 4 atom stereocenters. The van der Waals surface area contributed by atoms with Crippen LogP contribution in [0, 0.1) is 0 Å². The van der Waals surface area contributed by atoms with E-state index in [-0.39, 0.29) is 0 Å². The summed E-state index contributed by atoms with van der Waals surface area (Å²) in [6, 6.07) is 0. The number of aliphatic hydroxyl groups is 4. The Bertz CT molecular complexity index is 206. The molecule has 14 heavy (non-hydrogen) atoms. The predicted molar refractivity (Wildman–Crippen MR) is 45.7 cm³/mol. The van der Waals surface area contributed by atoms with Crippen molar-refractivity contribution in [1.82, 2.24) is 0 Å². The van der Waals surface area contributed by atoms with Crippen LogP contribution in [0.1, 0.15) is 0 Å². The summed E-state index contributed by atoms with van der Waals surface area (Å²) in [5, 5.41) is 42.6. The van der Waals surface area contributed by atoms with Crippen molar-refractivity contribution in [1.29, 1.82) is 0 Å². The summed E-state index contributed by atoms with van der Waals surface area (Å²) in [5.41, 5.74) is 0. The zero-order valence-electron chi connectivity index (χ0n) is 6.81. The van der Waals surface area contributed by atoms with Crippen molar-refractivity contribution >= 4 is 23.7 Å². The van der Waals surface area contributed by atoms with E-state index in [2.05, 4.69) is 12.6 Å². The Hall–Kier alpha value is -0.670. The second-order valence-electron chi connectivity index (χ2n) is 2.55. The maximum absolute atomic E-state index is 10.4. The largest absolute Gasteiger partial charge is 0.479 e. The van der Waals surface area contributed by atoms with Crippen LogP contribution in [0.5, 0.6) is 0 Å². The number of carbonyl (C=O) groups is 2. The van der Waals surface area contributed by atoms with Crippen LogP contribution in [-0.2, 0) is 9.59 Å². The molecule has 4 unspecified atom stereocenters. The Kier molecular flexibility index (Phi) is 5.02. The highest BCUT2D eigenvalue weighted by molar-refractivity contribution is 7.96. The number of aliphatic hydroxyl groups excluding tert-OH is 4. The Morgan fingerprint density at radius 1 is 0.929 bits per heavy atom. The van der Waals surface area contributed by atoms with Gasteiger partial charge in [-0.15, -0.1) is 12.6 Å².